The maximum Gasteiger partial charge on any atom is 0.255 e. The van der Waals surface area contributed by atoms with Crippen LogP contribution in [0.1, 0.15) is 108 Å². The molecule has 2 aromatic carbocycles. The average Bonchev–Trinajstić information content (AvgIpc) is 3.49. The number of anilines is 1. The quantitative estimate of drug-likeness (QED) is 0.191. The van der Waals surface area contributed by atoms with Gasteiger partial charge in [0, 0.05) is 27.9 Å². The highest BCUT2D eigenvalue weighted by Crippen LogP contribution is 2.37. The van der Waals surface area contributed by atoms with E-state index in [4.69, 9.17) is 9.47 Å². The van der Waals surface area contributed by atoms with E-state index in [-0.39, 0.29) is 12.7 Å². The van der Waals surface area contributed by atoms with Gasteiger partial charge in [0.1, 0.15) is 5.03 Å². The van der Waals surface area contributed by atoms with Crippen LogP contribution in [0.5, 0.6) is 11.5 Å². The second-order valence-electron chi connectivity index (χ2n) is 9.02. The number of amides is 1. The van der Waals surface area contributed by atoms with E-state index in [0.29, 0.717) is 22.7 Å². The summed E-state index contributed by atoms with van der Waals surface area (Å²) in [6, 6.07) is 15.1. The zero-order valence-electron chi connectivity index (χ0n) is 26.4. The van der Waals surface area contributed by atoms with E-state index in [1.54, 1.807) is 18.2 Å². The summed E-state index contributed by atoms with van der Waals surface area (Å²) in [5, 5.41) is 3.93. The SMILES string of the molecule is C=C(Sc1ncc(CCCCC)cc1C)c1ccccc1NC(=O)c1ccc2c(c1)OCO2.CC.CC.CCCC. The van der Waals surface area contributed by atoms with Crippen LogP contribution in [0.15, 0.2) is 66.3 Å². The fourth-order valence-electron chi connectivity index (χ4n) is 3.68. The van der Waals surface area contributed by atoms with Crippen LogP contribution in [0.2, 0.25) is 0 Å². The monoisotopic (exact) mass is 578 g/mol. The summed E-state index contributed by atoms with van der Waals surface area (Å²) >= 11 is 1.52. The third kappa shape index (κ3) is 11.6. The molecule has 0 bridgehead atoms. The highest BCUT2D eigenvalue weighted by Gasteiger charge is 2.18. The van der Waals surface area contributed by atoms with Gasteiger partial charge in [0.2, 0.25) is 6.79 Å². The molecule has 0 unspecified atom stereocenters. The lowest BCUT2D eigenvalue weighted by Crippen LogP contribution is -2.13. The van der Waals surface area contributed by atoms with E-state index in [9.17, 15) is 4.79 Å². The molecule has 1 N–H and O–H groups in total. The van der Waals surface area contributed by atoms with Crippen LogP contribution >= 0.6 is 11.8 Å². The number of nitrogens with one attached hydrogen (secondary N) is 1. The molecule has 0 saturated heterocycles. The summed E-state index contributed by atoms with van der Waals surface area (Å²) in [4.78, 5) is 18.4. The number of nitrogens with zero attached hydrogens (tertiary/aromatic N) is 1. The zero-order valence-corrected chi connectivity index (χ0v) is 27.2. The predicted molar refractivity (Wildman–Crippen MR) is 177 cm³/mol. The van der Waals surface area contributed by atoms with E-state index in [2.05, 4.69) is 50.6 Å². The van der Waals surface area contributed by atoms with Gasteiger partial charge >= 0.3 is 0 Å². The molecule has 1 aliphatic rings. The minimum atomic E-state index is -0.218. The predicted octanol–water partition coefficient (Wildman–Crippen LogP) is 10.7. The lowest BCUT2D eigenvalue weighted by Gasteiger charge is -2.14. The molecule has 6 heteroatoms. The topological polar surface area (TPSA) is 60.5 Å². The lowest BCUT2D eigenvalue weighted by molar-refractivity contribution is 0.102. The number of carbonyl (C=O) groups excluding carboxylic acids is 1. The van der Waals surface area contributed by atoms with Gasteiger partial charge in [-0.3, -0.25) is 4.79 Å². The van der Waals surface area contributed by atoms with Crippen molar-refractivity contribution in [2.45, 2.75) is 98.9 Å². The van der Waals surface area contributed by atoms with Gasteiger partial charge in [0.25, 0.3) is 5.91 Å². The summed E-state index contributed by atoms with van der Waals surface area (Å²) in [7, 11) is 0. The lowest BCUT2D eigenvalue weighted by atomic mass is 10.1. The molecule has 3 aromatic rings. The number of carbonyl (C=O) groups is 1. The Labute approximate surface area is 253 Å². The fraction of sp³-hybridized carbons (Fsp3) is 0.429. The zero-order chi connectivity index (χ0) is 30.6. The Hall–Kier alpha value is -3.25. The molecular weight excluding hydrogens is 528 g/mol. The van der Waals surface area contributed by atoms with Gasteiger partial charge in [-0.25, -0.2) is 4.98 Å². The van der Waals surface area contributed by atoms with Gasteiger partial charge in [-0.05, 0) is 55.2 Å². The number of hydrogen-bond acceptors (Lipinski definition) is 5. The Balaban J connectivity index is 0.000000950. The van der Waals surface area contributed by atoms with Crippen molar-refractivity contribution in [3.63, 3.8) is 0 Å². The van der Waals surface area contributed by atoms with Gasteiger partial charge in [-0.1, -0.05) is 117 Å². The number of thioether (sulfide) groups is 1. The Kier molecular flexibility index (Phi) is 18.0. The minimum Gasteiger partial charge on any atom is -0.454 e. The number of para-hydroxylation sites is 1. The molecule has 0 fully saturated rings. The van der Waals surface area contributed by atoms with Crippen LogP contribution < -0.4 is 14.8 Å². The summed E-state index contributed by atoms with van der Waals surface area (Å²) in [6.45, 7) is 21.1. The molecule has 41 heavy (non-hydrogen) atoms. The van der Waals surface area contributed by atoms with Crippen molar-refractivity contribution in [1.82, 2.24) is 4.98 Å². The molecule has 1 amide bonds. The highest BCUT2D eigenvalue weighted by molar-refractivity contribution is 8.08. The van der Waals surface area contributed by atoms with E-state index >= 15 is 0 Å². The number of aryl methyl sites for hydroxylation is 2. The molecule has 5 nitrogen and oxygen atoms in total. The van der Waals surface area contributed by atoms with Crippen molar-refractivity contribution >= 4 is 28.3 Å². The number of pyridine rings is 1. The summed E-state index contributed by atoms with van der Waals surface area (Å²) < 4.78 is 10.7. The Morgan fingerprint density at radius 1 is 0.927 bits per heavy atom. The van der Waals surface area contributed by atoms with Crippen molar-refractivity contribution < 1.29 is 14.3 Å². The standard InChI is InChI=1S/C27H28N2O3S.C4H10.2C2H6/c1-4-5-6-9-20-14-18(2)27(28-16-20)33-19(3)22-10-7-8-11-23(22)29-26(30)21-12-13-24-25(15-21)32-17-31-24;1-3-4-2;2*1-2/h7-8,10-16H,3-6,9,17H2,1-2H3,(H,29,30);3-4H2,1-2H3;2*1-2H3. The first-order chi connectivity index (χ1) is 20.0. The van der Waals surface area contributed by atoms with Crippen molar-refractivity contribution in [3.05, 3.63) is 83.6 Å². The van der Waals surface area contributed by atoms with Crippen molar-refractivity contribution in [2.24, 2.45) is 0 Å². The number of benzene rings is 2. The van der Waals surface area contributed by atoms with Crippen LogP contribution in [0.3, 0.4) is 0 Å². The second kappa shape index (κ2) is 20.6. The normalized spacial score (nSPS) is 10.6. The number of rotatable bonds is 10. The molecule has 0 spiro atoms. The number of ether oxygens (including phenoxy) is 2. The molecule has 224 valence electrons. The molecule has 4 rings (SSSR count). The Bertz CT molecular complexity index is 1210. The molecule has 1 aliphatic heterocycles. The first-order valence-corrected chi connectivity index (χ1v) is 15.9. The molecule has 0 radical (unpaired) electrons. The van der Waals surface area contributed by atoms with Crippen LogP contribution in [0.25, 0.3) is 4.91 Å². The van der Waals surface area contributed by atoms with Crippen molar-refractivity contribution in [2.75, 3.05) is 12.1 Å². The van der Waals surface area contributed by atoms with E-state index in [0.717, 1.165) is 27.5 Å². The van der Waals surface area contributed by atoms with Crippen molar-refractivity contribution in [3.8, 4) is 11.5 Å². The number of hydrogen-bond donors (Lipinski definition) is 1. The number of unbranched alkanes of at least 4 members (excludes halogenated alkanes) is 3. The summed E-state index contributed by atoms with van der Waals surface area (Å²) in [6.07, 6.45) is 9.30. The van der Waals surface area contributed by atoms with Gasteiger partial charge < -0.3 is 14.8 Å². The third-order valence-corrected chi connectivity index (χ3v) is 7.07. The smallest absolute Gasteiger partial charge is 0.255 e. The summed E-state index contributed by atoms with van der Waals surface area (Å²) in [5.74, 6) is 1.01. The van der Waals surface area contributed by atoms with Crippen LogP contribution in [-0.4, -0.2) is 17.7 Å². The van der Waals surface area contributed by atoms with Gasteiger partial charge in [0.05, 0.1) is 0 Å². The van der Waals surface area contributed by atoms with Crippen LogP contribution in [0, 0.1) is 6.92 Å². The fourth-order valence-corrected chi connectivity index (χ4v) is 4.53. The number of fused-ring (bicyclic) bond motifs is 1. The second-order valence-corrected chi connectivity index (χ2v) is 10.1. The Morgan fingerprint density at radius 2 is 1.61 bits per heavy atom. The maximum absolute atomic E-state index is 12.9. The molecule has 0 saturated carbocycles. The van der Waals surface area contributed by atoms with Gasteiger partial charge in [-0.2, -0.15) is 0 Å². The van der Waals surface area contributed by atoms with E-state index < -0.39 is 0 Å². The third-order valence-electron chi connectivity index (χ3n) is 5.99. The minimum absolute atomic E-state index is 0.174. The largest absolute Gasteiger partial charge is 0.454 e. The van der Waals surface area contributed by atoms with Crippen molar-refractivity contribution in [1.29, 1.82) is 0 Å². The summed E-state index contributed by atoms with van der Waals surface area (Å²) in [5.41, 5.74) is 4.48. The van der Waals surface area contributed by atoms with Gasteiger partial charge in [0.15, 0.2) is 11.5 Å². The molecule has 2 heterocycles. The first-order valence-electron chi connectivity index (χ1n) is 15.1. The Morgan fingerprint density at radius 3 is 2.27 bits per heavy atom. The van der Waals surface area contributed by atoms with Crippen LogP contribution in [-0.2, 0) is 6.42 Å². The molecule has 0 aliphatic carbocycles. The first kappa shape index (κ1) is 35.8. The number of aromatic nitrogens is 1. The van der Waals surface area contributed by atoms with E-state index in [1.807, 2.05) is 58.2 Å². The molecule has 1 aromatic heterocycles. The average molecular weight is 579 g/mol. The van der Waals surface area contributed by atoms with Crippen LogP contribution in [0.4, 0.5) is 5.69 Å². The molecule has 0 atom stereocenters. The van der Waals surface area contributed by atoms with Gasteiger partial charge in [-0.15, -0.1) is 0 Å². The highest BCUT2D eigenvalue weighted by atomic mass is 32.2. The maximum atomic E-state index is 12.9. The van der Waals surface area contributed by atoms with E-state index in [1.165, 1.54) is 49.4 Å². The molecular formula is C35H50N2O3S.